The Morgan fingerprint density at radius 3 is 2.12 bits per heavy atom. The predicted octanol–water partition coefficient (Wildman–Crippen LogP) is 7.66. The van der Waals surface area contributed by atoms with Crippen molar-refractivity contribution >= 4 is 38.4 Å². The first-order valence-electron chi connectivity index (χ1n) is 15.5. The SMILES string of the molecule is O=C(Nc1ccccc1C(=O)O)c1ccc(Oc2ccc3cc(OC4CCC(NS(=O)(=O)c5ccc(C(F)(F)F)cc5)CC4)ccc3c2)nc1. The monoisotopic (exact) mass is 705 g/mol. The number of aromatic carboxylic acids is 1. The fourth-order valence-corrected chi connectivity index (χ4v) is 6.91. The van der Waals surface area contributed by atoms with Crippen LogP contribution in [-0.2, 0) is 16.2 Å². The Balaban J connectivity index is 1.01. The second kappa shape index (κ2) is 14.2. The molecule has 0 unspecified atom stereocenters. The van der Waals surface area contributed by atoms with Crippen molar-refractivity contribution < 1.29 is 45.8 Å². The van der Waals surface area contributed by atoms with Gasteiger partial charge in [-0.3, -0.25) is 4.79 Å². The number of carbonyl (C=O) groups is 2. The van der Waals surface area contributed by atoms with E-state index < -0.39 is 33.6 Å². The highest BCUT2D eigenvalue weighted by molar-refractivity contribution is 7.89. The van der Waals surface area contributed by atoms with E-state index in [9.17, 15) is 36.3 Å². The number of anilines is 1. The van der Waals surface area contributed by atoms with Crippen molar-refractivity contribution in [2.45, 2.75) is 48.9 Å². The number of ether oxygens (including phenoxy) is 2. The van der Waals surface area contributed by atoms with Crippen LogP contribution in [0.15, 0.2) is 108 Å². The molecule has 5 aromatic rings. The van der Waals surface area contributed by atoms with E-state index in [-0.39, 0.29) is 39.7 Å². The van der Waals surface area contributed by atoms with Gasteiger partial charge in [-0.05, 0) is 103 Å². The van der Waals surface area contributed by atoms with E-state index in [4.69, 9.17) is 9.47 Å². The Labute approximate surface area is 284 Å². The molecule has 1 heterocycles. The van der Waals surface area contributed by atoms with Gasteiger partial charge in [0.25, 0.3) is 5.91 Å². The Bertz CT molecular complexity index is 2130. The molecule has 14 heteroatoms. The van der Waals surface area contributed by atoms with Crippen LogP contribution in [0.4, 0.5) is 18.9 Å². The van der Waals surface area contributed by atoms with Gasteiger partial charge in [0, 0.05) is 18.3 Å². The van der Waals surface area contributed by atoms with E-state index in [1.807, 2.05) is 30.3 Å². The number of aromatic nitrogens is 1. The molecule has 1 fully saturated rings. The third-order valence-electron chi connectivity index (χ3n) is 8.20. The summed E-state index contributed by atoms with van der Waals surface area (Å²) in [6.07, 6.45) is -1.14. The van der Waals surface area contributed by atoms with Gasteiger partial charge >= 0.3 is 12.1 Å². The molecule has 0 radical (unpaired) electrons. The molecule has 50 heavy (non-hydrogen) atoms. The van der Waals surface area contributed by atoms with Gasteiger partial charge in [0.2, 0.25) is 15.9 Å². The topological polar surface area (TPSA) is 144 Å². The van der Waals surface area contributed by atoms with Crippen LogP contribution in [-0.4, -0.2) is 42.5 Å². The highest BCUT2D eigenvalue weighted by Gasteiger charge is 2.31. The van der Waals surface area contributed by atoms with Crippen molar-refractivity contribution in [3.05, 3.63) is 120 Å². The van der Waals surface area contributed by atoms with Gasteiger partial charge in [0.15, 0.2) is 0 Å². The normalized spacial score (nSPS) is 16.5. The number of para-hydroxylation sites is 1. The second-order valence-corrected chi connectivity index (χ2v) is 13.4. The van der Waals surface area contributed by atoms with E-state index in [2.05, 4.69) is 15.0 Å². The maximum Gasteiger partial charge on any atom is 0.416 e. The zero-order chi connectivity index (χ0) is 35.5. The van der Waals surface area contributed by atoms with Crippen LogP contribution in [0.25, 0.3) is 10.8 Å². The number of amides is 1. The molecule has 0 saturated heterocycles. The van der Waals surface area contributed by atoms with E-state index in [0.29, 0.717) is 37.2 Å². The molecule has 0 spiro atoms. The maximum absolute atomic E-state index is 12.8. The number of nitrogens with one attached hydrogen (secondary N) is 2. The van der Waals surface area contributed by atoms with Crippen LogP contribution in [0.1, 0.15) is 52.0 Å². The van der Waals surface area contributed by atoms with Crippen molar-refractivity contribution in [3.8, 4) is 17.4 Å². The van der Waals surface area contributed by atoms with Crippen molar-refractivity contribution in [1.29, 1.82) is 0 Å². The first kappa shape index (κ1) is 34.4. The standard InChI is InChI=1S/C36H30F3N3O7S/c37-36(38,39)25-8-16-30(17-9-25)50(46,47)42-26-10-14-27(15-11-26)48-28-12-5-23-20-29(13-6-22(23)19-28)49-33-18-7-24(21-40-33)34(43)41-32-4-2-1-3-31(32)35(44)45/h1-9,12-13,16-21,26-27,42H,10-11,14-15H2,(H,41,43)(H,44,45). The van der Waals surface area contributed by atoms with Crippen molar-refractivity contribution in [1.82, 2.24) is 9.71 Å². The van der Waals surface area contributed by atoms with Gasteiger partial charge in [-0.1, -0.05) is 24.3 Å². The molecule has 1 aromatic heterocycles. The van der Waals surface area contributed by atoms with Crippen LogP contribution >= 0.6 is 0 Å². The number of carbonyl (C=O) groups excluding carboxylic acids is 1. The summed E-state index contributed by atoms with van der Waals surface area (Å²) >= 11 is 0. The summed E-state index contributed by atoms with van der Waals surface area (Å²) in [6, 6.07) is 23.3. The molecule has 6 rings (SSSR count). The summed E-state index contributed by atoms with van der Waals surface area (Å²) in [7, 11) is -3.97. The van der Waals surface area contributed by atoms with Crippen molar-refractivity contribution in [2.24, 2.45) is 0 Å². The van der Waals surface area contributed by atoms with Crippen LogP contribution in [0.5, 0.6) is 17.4 Å². The smallest absolute Gasteiger partial charge is 0.416 e. The van der Waals surface area contributed by atoms with Crippen molar-refractivity contribution in [3.63, 3.8) is 0 Å². The number of hydrogen-bond acceptors (Lipinski definition) is 7. The quantitative estimate of drug-likeness (QED) is 0.134. The number of hydrogen-bond donors (Lipinski definition) is 3. The van der Waals surface area contributed by atoms with Crippen LogP contribution in [0.2, 0.25) is 0 Å². The Morgan fingerprint density at radius 1 is 0.820 bits per heavy atom. The number of benzene rings is 4. The highest BCUT2D eigenvalue weighted by Crippen LogP contribution is 2.32. The van der Waals surface area contributed by atoms with Gasteiger partial charge in [-0.2, -0.15) is 13.2 Å². The molecule has 4 aromatic carbocycles. The molecule has 1 aliphatic rings. The summed E-state index contributed by atoms with van der Waals surface area (Å²) in [5.41, 5.74) is -0.551. The number of sulfonamides is 1. The van der Waals surface area contributed by atoms with Gasteiger partial charge in [0.1, 0.15) is 11.5 Å². The Morgan fingerprint density at radius 2 is 1.48 bits per heavy atom. The average molecular weight is 706 g/mol. The molecule has 10 nitrogen and oxygen atoms in total. The predicted molar refractivity (Wildman–Crippen MR) is 178 cm³/mol. The lowest BCUT2D eigenvalue weighted by Gasteiger charge is -2.29. The number of halogens is 3. The summed E-state index contributed by atoms with van der Waals surface area (Å²) < 4.78 is 78.7. The third-order valence-corrected chi connectivity index (χ3v) is 9.74. The van der Waals surface area contributed by atoms with E-state index in [1.165, 1.54) is 30.5 Å². The molecule has 0 bridgehead atoms. The molecular weight excluding hydrogens is 675 g/mol. The third kappa shape index (κ3) is 8.21. The number of pyridine rings is 1. The van der Waals surface area contributed by atoms with Gasteiger partial charge in [-0.25, -0.2) is 22.9 Å². The second-order valence-electron chi connectivity index (χ2n) is 11.7. The number of carboxylic acid groups (broad SMARTS) is 1. The summed E-state index contributed by atoms with van der Waals surface area (Å²) in [5, 5.41) is 13.7. The van der Waals surface area contributed by atoms with Crippen LogP contribution in [0.3, 0.4) is 0 Å². The van der Waals surface area contributed by atoms with E-state index >= 15 is 0 Å². The lowest BCUT2D eigenvalue weighted by molar-refractivity contribution is -0.137. The molecule has 1 aliphatic carbocycles. The molecule has 258 valence electrons. The number of fused-ring (bicyclic) bond motifs is 1. The van der Waals surface area contributed by atoms with Crippen LogP contribution < -0.4 is 19.5 Å². The zero-order valence-corrected chi connectivity index (χ0v) is 27.0. The molecule has 0 aliphatic heterocycles. The largest absolute Gasteiger partial charge is 0.490 e. The molecular formula is C36H30F3N3O7S. The number of alkyl halides is 3. The lowest BCUT2D eigenvalue weighted by atomic mass is 9.93. The fraction of sp³-hybridized carbons (Fsp3) is 0.194. The minimum absolute atomic E-state index is 0.0296. The Kier molecular flexibility index (Phi) is 9.75. The molecule has 1 saturated carbocycles. The minimum atomic E-state index is -4.55. The summed E-state index contributed by atoms with van der Waals surface area (Å²) in [6.45, 7) is 0. The highest BCUT2D eigenvalue weighted by atomic mass is 32.2. The summed E-state index contributed by atoms with van der Waals surface area (Å²) in [5.74, 6) is -0.250. The van der Waals surface area contributed by atoms with E-state index in [1.54, 1.807) is 18.2 Å². The average Bonchev–Trinajstić information content (AvgIpc) is 3.09. The molecule has 3 N–H and O–H groups in total. The zero-order valence-electron chi connectivity index (χ0n) is 26.2. The van der Waals surface area contributed by atoms with Gasteiger partial charge < -0.3 is 19.9 Å². The maximum atomic E-state index is 12.8. The van der Waals surface area contributed by atoms with Gasteiger partial charge in [0.05, 0.1) is 33.4 Å². The number of carboxylic acids is 1. The summed E-state index contributed by atoms with van der Waals surface area (Å²) in [4.78, 5) is 28.1. The van der Waals surface area contributed by atoms with E-state index in [0.717, 1.165) is 35.0 Å². The van der Waals surface area contributed by atoms with Gasteiger partial charge in [-0.15, -0.1) is 0 Å². The first-order chi connectivity index (χ1) is 23.8. The Hall–Kier alpha value is -5.47. The minimum Gasteiger partial charge on any atom is -0.490 e. The van der Waals surface area contributed by atoms with Crippen molar-refractivity contribution in [2.75, 3.05) is 5.32 Å². The number of nitrogens with zero attached hydrogens (tertiary/aromatic N) is 1. The lowest BCUT2D eigenvalue weighted by Crippen LogP contribution is -2.39. The van der Waals surface area contributed by atoms with Crippen LogP contribution in [0, 0.1) is 0 Å². The molecule has 1 amide bonds. The fourth-order valence-electron chi connectivity index (χ4n) is 5.61. The first-order valence-corrected chi connectivity index (χ1v) is 17.0. The molecule has 0 atom stereocenters. The number of rotatable bonds is 10.